The number of rotatable bonds is 8. The van der Waals surface area contributed by atoms with Crippen molar-refractivity contribution in [3.05, 3.63) is 39.6 Å². The second kappa shape index (κ2) is 10.6. The fraction of sp³-hybridized carbons (Fsp3) is 0.474. The van der Waals surface area contributed by atoms with Crippen LogP contribution in [0.4, 0.5) is 5.69 Å². The van der Waals surface area contributed by atoms with Crippen LogP contribution >= 0.6 is 0 Å². The first-order chi connectivity index (χ1) is 12.8. The summed E-state index contributed by atoms with van der Waals surface area (Å²) in [5, 5.41) is 11.9. The summed E-state index contributed by atoms with van der Waals surface area (Å²) in [5.41, 5.74) is 1.65. The van der Waals surface area contributed by atoms with Crippen molar-refractivity contribution in [2.24, 2.45) is 0 Å². The molecule has 28 heavy (non-hydrogen) atoms. The molecule has 0 unspecified atom stereocenters. The minimum atomic E-state index is -0.476. The van der Waals surface area contributed by atoms with Gasteiger partial charge in [0.2, 0.25) is 0 Å². The number of esters is 2. The van der Waals surface area contributed by atoms with E-state index in [9.17, 15) is 19.7 Å². The van der Waals surface area contributed by atoms with Gasteiger partial charge in [-0.25, -0.2) is 0 Å². The van der Waals surface area contributed by atoms with Crippen molar-refractivity contribution in [2.75, 3.05) is 13.2 Å². The molecule has 0 amide bonds. The molecule has 8 nitrogen and oxygen atoms in total. The van der Waals surface area contributed by atoms with Crippen LogP contribution in [0.1, 0.15) is 46.3 Å². The van der Waals surface area contributed by atoms with E-state index in [0.717, 1.165) is 0 Å². The van der Waals surface area contributed by atoms with E-state index in [1.54, 1.807) is 30.5 Å². The van der Waals surface area contributed by atoms with Gasteiger partial charge < -0.3 is 15.5 Å². The van der Waals surface area contributed by atoms with Gasteiger partial charge >= 0.3 is 41.5 Å². The Balaban J connectivity index is 0.00000392. The van der Waals surface area contributed by atoms with Crippen molar-refractivity contribution in [1.82, 2.24) is 4.57 Å². The van der Waals surface area contributed by atoms with Gasteiger partial charge in [-0.3, -0.25) is 19.7 Å². The number of ether oxygens (including phenoxy) is 2. The normalized spacial score (nSPS) is 10.6. The van der Waals surface area contributed by atoms with Crippen LogP contribution < -0.4 is 29.6 Å². The van der Waals surface area contributed by atoms with E-state index < -0.39 is 16.9 Å². The molecule has 9 heteroatoms. The second-order valence-electron chi connectivity index (χ2n) is 6.32. The number of aromatic nitrogens is 1. The Hall–Kier alpha value is -1.90. The molecular weight excluding hydrogens is 375 g/mol. The van der Waals surface area contributed by atoms with Crippen LogP contribution in [-0.4, -0.2) is 34.6 Å². The number of nitrogens with zero attached hydrogens (tertiary/aromatic N) is 2. The topological polar surface area (TPSA) is 101 Å². The number of carbonyl (C=O) groups is 2. The van der Waals surface area contributed by atoms with Gasteiger partial charge in [0, 0.05) is 11.8 Å². The fourth-order valence-electron chi connectivity index (χ4n) is 3.34. The Bertz CT molecular complexity index is 881. The predicted octanol–water partition coefficient (Wildman–Crippen LogP) is 0.458. The van der Waals surface area contributed by atoms with E-state index in [0.29, 0.717) is 22.2 Å². The number of non-ortho nitro benzene ring substituents is 1. The number of nitro groups is 1. The molecule has 0 N–H and O–H groups in total. The maximum atomic E-state index is 12.2. The molecule has 0 bridgehead atoms. The van der Waals surface area contributed by atoms with Crippen molar-refractivity contribution >= 4 is 28.5 Å². The van der Waals surface area contributed by atoms with E-state index in [4.69, 9.17) is 9.47 Å². The zero-order valence-electron chi connectivity index (χ0n) is 18.0. The zero-order valence-corrected chi connectivity index (χ0v) is 19.0. The number of fused-ring (bicyclic) bond motifs is 1. The van der Waals surface area contributed by atoms with Gasteiger partial charge in [-0.1, -0.05) is 19.9 Å². The molecule has 0 saturated carbocycles. The van der Waals surface area contributed by atoms with Gasteiger partial charge in [-0.2, -0.15) is 0 Å². The van der Waals surface area contributed by atoms with E-state index in [2.05, 4.69) is 0 Å². The summed E-state index contributed by atoms with van der Waals surface area (Å²) in [6, 6.07) is 4.68. The van der Waals surface area contributed by atoms with Crippen molar-refractivity contribution in [3.63, 3.8) is 0 Å². The van der Waals surface area contributed by atoms with Gasteiger partial charge in [-0.05, 0) is 31.4 Å². The third-order valence-electron chi connectivity index (χ3n) is 4.18. The summed E-state index contributed by atoms with van der Waals surface area (Å²) in [7, 11) is 0. The van der Waals surface area contributed by atoms with Crippen LogP contribution in [0.2, 0.25) is 0 Å². The first-order valence-electron chi connectivity index (χ1n) is 8.91. The molecule has 1 aromatic heterocycles. The predicted molar refractivity (Wildman–Crippen MR) is 101 cm³/mol. The van der Waals surface area contributed by atoms with E-state index in [1.807, 2.05) is 13.8 Å². The molecule has 148 valence electrons. The summed E-state index contributed by atoms with van der Waals surface area (Å²) in [6.07, 6.45) is -0.0987. The van der Waals surface area contributed by atoms with Crippen LogP contribution in [0.25, 0.3) is 10.9 Å². The minimum absolute atomic E-state index is 0. The molecule has 2 aromatic rings. The maximum absolute atomic E-state index is 12.2. The number of hydrogen-bond acceptors (Lipinski definition) is 6. The first kappa shape index (κ1) is 24.1. The van der Waals surface area contributed by atoms with E-state index in [1.165, 1.54) is 6.07 Å². The maximum Gasteiger partial charge on any atom is 1.00 e. The monoisotopic (exact) mass is 400 g/mol. The Kier molecular flexibility index (Phi) is 9.13. The SMILES string of the molecule is CCOC(=O)Cc1c(C(C)C)n(CC(=O)OCC)c2cccc([N+](=O)[O-])c12.[H-].[Na+]. The van der Waals surface area contributed by atoms with Gasteiger partial charge in [-0.15, -0.1) is 0 Å². The Labute approximate surface area is 187 Å². The van der Waals surface area contributed by atoms with Gasteiger partial charge in [0.05, 0.1) is 35.5 Å². The molecule has 1 aromatic carbocycles. The Morgan fingerprint density at radius 1 is 1.18 bits per heavy atom. The van der Waals surface area contributed by atoms with E-state index >= 15 is 0 Å². The van der Waals surface area contributed by atoms with Crippen LogP contribution in [0.15, 0.2) is 18.2 Å². The number of benzene rings is 1. The van der Waals surface area contributed by atoms with Gasteiger partial charge in [0.1, 0.15) is 6.54 Å². The van der Waals surface area contributed by atoms with Crippen molar-refractivity contribution in [2.45, 2.75) is 46.6 Å². The number of hydrogen-bond donors (Lipinski definition) is 0. The molecular formula is C19H25N2NaO6. The van der Waals surface area contributed by atoms with Crippen LogP contribution in [0, 0.1) is 10.1 Å². The first-order valence-corrected chi connectivity index (χ1v) is 8.91. The quantitative estimate of drug-likeness (QED) is 0.276. The molecule has 0 saturated heterocycles. The third kappa shape index (κ3) is 5.12. The molecule has 2 rings (SSSR count). The third-order valence-corrected chi connectivity index (χ3v) is 4.18. The van der Waals surface area contributed by atoms with Crippen molar-refractivity contribution in [1.29, 1.82) is 0 Å². The molecule has 0 spiro atoms. The average molecular weight is 400 g/mol. The molecule has 0 fully saturated rings. The van der Waals surface area contributed by atoms with Crippen molar-refractivity contribution < 1.29 is 55.0 Å². The smallest absolute Gasteiger partial charge is 1.00 e. The van der Waals surface area contributed by atoms with Gasteiger partial charge in [0.25, 0.3) is 5.69 Å². The van der Waals surface area contributed by atoms with Crippen LogP contribution in [0.5, 0.6) is 0 Å². The zero-order chi connectivity index (χ0) is 20.1. The summed E-state index contributed by atoms with van der Waals surface area (Å²) in [6.45, 7) is 7.62. The van der Waals surface area contributed by atoms with Crippen LogP contribution in [-0.2, 0) is 32.0 Å². The standard InChI is InChI=1S/C19H24N2O6.Na.H/c1-5-26-16(22)10-13-18-14(8-7-9-15(18)21(24)25)20(19(13)12(3)4)11-17(23)27-6-2;;/h7-9,12H,5-6,10-11H2,1-4H3;;/q;+1;-1. The molecule has 0 aliphatic carbocycles. The second-order valence-corrected chi connectivity index (χ2v) is 6.32. The Morgan fingerprint density at radius 3 is 2.32 bits per heavy atom. The van der Waals surface area contributed by atoms with Gasteiger partial charge in [0.15, 0.2) is 0 Å². The average Bonchev–Trinajstić information content (AvgIpc) is 2.89. The van der Waals surface area contributed by atoms with E-state index in [-0.39, 0.29) is 68.8 Å². The van der Waals surface area contributed by atoms with Crippen molar-refractivity contribution in [3.8, 4) is 0 Å². The molecule has 0 atom stereocenters. The summed E-state index contributed by atoms with van der Waals surface area (Å²) >= 11 is 0. The molecule has 1 heterocycles. The summed E-state index contributed by atoms with van der Waals surface area (Å²) in [5.74, 6) is -0.978. The number of nitro benzene ring substituents is 1. The summed E-state index contributed by atoms with van der Waals surface area (Å²) in [4.78, 5) is 35.4. The largest absolute Gasteiger partial charge is 1.00 e. The number of carbonyl (C=O) groups excluding carboxylic acids is 2. The fourth-order valence-corrected chi connectivity index (χ4v) is 3.34. The Morgan fingerprint density at radius 2 is 1.79 bits per heavy atom. The summed E-state index contributed by atoms with van der Waals surface area (Å²) < 4.78 is 11.8. The molecule has 0 radical (unpaired) electrons. The molecule has 0 aliphatic rings. The minimum Gasteiger partial charge on any atom is -1.00 e. The molecule has 0 aliphatic heterocycles. The van der Waals surface area contributed by atoms with Crippen LogP contribution in [0.3, 0.4) is 0 Å².